The third-order valence-electron chi connectivity index (χ3n) is 13.9. The lowest BCUT2D eigenvalue weighted by Gasteiger charge is -2.36. The van der Waals surface area contributed by atoms with Crippen molar-refractivity contribution in [3.63, 3.8) is 0 Å². The molecule has 0 saturated carbocycles. The maximum Gasteiger partial charge on any atom is 0.0720 e. The van der Waals surface area contributed by atoms with Gasteiger partial charge in [0.05, 0.1) is 11.1 Å². The normalized spacial score (nSPS) is 13.8. The molecule has 0 amide bonds. The van der Waals surface area contributed by atoms with Gasteiger partial charge >= 0.3 is 0 Å². The minimum atomic E-state index is -0.609. The molecule has 0 aromatic heterocycles. The van der Waals surface area contributed by atoms with Gasteiger partial charge in [0.25, 0.3) is 0 Å². The summed E-state index contributed by atoms with van der Waals surface area (Å²) in [7, 11) is 0. The first kappa shape index (κ1) is 37.1. The predicted octanol–water partition coefficient (Wildman–Crippen LogP) is 16.3. The van der Waals surface area contributed by atoms with Crippen LogP contribution in [0.2, 0.25) is 0 Å². The fourth-order valence-corrected chi connectivity index (χ4v) is 11.0. The molecule has 2 aliphatic carbocycles. The molecule has 298 valence electrons. The SMILES string of the molecule is CC1(C)c2ccccc2-c2ccc(N(c3ccc(-c4ccccc4)cc3)c3cc4ccc(-c5ccccc5)cc4c4c3-c3ccccc3C4(c3ccccc3)c3ccccc3)cc21. The molecular weight excluding hydrogens is 759 g/mol. The van der Waals surface area contributed by atoms with Gasteiger partial charge in [0, 0.05) is 22.4 Å². The van der Waals surface area contributed by atoms with Crippen LogP contribution in [-0.4, -0.2) is 0 Å². The lowest BCUT2D eigenvalue weighted by molar-refractivity contribution is 0.660. The molecule has 0 bridgehead atoms. The number of nitrogens with zero attached hydrogens (tertiary/aromatic N) is 1. The molecule has 0 atom stereocenters. The van der Waals surface area contributed by atoms with Crippen molar-refractivity contribution >= 4 is 27.8 Å². The van der Waals surface area contributed by atoms with Gasteiger partial charge in [-0.25, -0.2) is 0 Å². The fraction of sp³-hybridized carbons (Fsp3) is 0.0645. The van der Waals surface area contributed by atoms with Crippen molar-refractivity contribution in [2.75, 3.05) is 4.90 Å². The molecule has 0 fully saturated rings. The molecule has 0 spiro atoms. The van der Waals surface area contributed by atoms with Crippen LogP contribution in [-0.2, 0) is 10.8 Å². The van der Waals surface area contributed by atoms with Crippen LogP contribution in [0, 0.1) is 0 Å². The minimum absolute atomic E-state index is 0.160. The second-order valence-corrected chi connectivity index (χ2v) is 17.6. The Kier molecular flexibility index (Phi) is 8.49. The van der Waals surface area contributed by atoms with Gasteiger partial charge in [-0.15, -0.1) is 0 Å². The van der Waals surface area contributed by atoms with E-state index in [4.69, 9.17) is 0 Å². The van der Waals surface area contributed by atoms with Crippen molar-refractivity contribution in [2.45, 2.75) is 24.7 Å². The van der Waals surface area contributed by atoms with E-state index in [1.165, 1.54) is 88.7 Å². The van der Waals surface area contributed by atoms with Crippen LogP contribution in [0.15, 0.2) is 237 Å². The van der Waals surface area contributed by atoms with Crippen LogP contribution in [0.5, 0.6) is 0 Å². The minimum Gasteiger partial charge on any atom is -0.310 e. The molecule has 12 rings (SSSR count). The Labute approximate surface area is 370 Å². The summed E-state index contributed by atoms with van der Waals surface area (Å²) in [5.41, 5.74) is 20.4. The van der Waals surface area contributed by atoms with Gasteiger partial charge in [-0.05, 0) is 119 Å². The van der Waals surface area contributed by atoms with Crippen molar-refractivity contribution in [3.8, 4) is 44.5 Å². The van der Waals surface area contributed by atoms with E-state index in [0.29, 0.717) is 0 Å². The highest BCUT2D eigenvalue weighted by molar-refractivity contribution is 6.09. The number of hydrogen-bond acceptors (Lipinski definition) is 1. The smallest absolute Gasteiger partial charge is 0.0720 e. The lowest BCUT2D eigenvalue weighted by atomic mass is 9.66. The predicted molar refractivity (Wildman–Crippen MR) is 264 cm³/mol. The Balaban J connectivity index is 1.21. The number of fused-ring (bicyclic) bond motifs is 8. The zero-order valence-electron chi connectivity index (χ0n) is 35.5. The summed E-state index contributed by atoms with van der Waals surface area (Å²) in [6.45, 7) is 4.76. The average Bonchev–Trinajstić information content (AvgIpc) is 3.79. The van der Waals surface area contributed by atoms with Crippen molar-refractivity contribution in [3.05, 3.63) is 270 Å². The second kappa shape index (κ2) is 14.4. The first-order chi connectivity index (χ1) is 31.0. The molecule has 0 N–H and O–H groups in total. The van der Waals surface area contributed by atoms with Crippen molar-refractivity contribution in [2.24, 2.45) is 0 Å². The van der Waals surface area contributed by atoms with Crippen molar-refractivity contribution < 1.29 is 0 Å². The van der Waals surface area contributed by atoms with Gasteiger partial charge in [-0.1, -0.05) is 214 Å². The second-order valence-electron chi connectivity index (χ2n) is 17.6. The van der Waals surface area contributed by atoms with Gasteiger partial charge in [0.2, 0.25) is 0 Å². The van der Waals surface area contributed by atoms with E-state index in [0.717, 1.165) is 17.1 Å². The Bertz CT molecular complexity index is 3290. The van der Waals surface area contributed by atoms with Gasteiger partial charge < -0.3 is 4.90 Å². The molecule has 0 radical (unpaired) electrons. The van der Waals surface area contributed by atoms with Crippen LogP contribution in [0.4, 0.5) is 17.1 Å². The van der Waals surface area contributed by atoms with Gasteiger partial charge in [0.15, 0.2) is 0 Å². The first-order valence-corrected chi connectivity index (χ1v) is 22.1. The van der Waals surface area contributed by atoms with Crippen LogP contribution < -0.4 is 4.90 Å². The van der Waals surface area contributed by atoms with E-state index in [1.54, 1.807) is 0 Å². The summed E-state index contributed by atoms with van der Waals surface area (Å²) in [6, 6.07) is 88.0. The van der Waals surface area contributed by atoms with Crippen LogP contribution >= 0.6 is 0 Å². The van der Waals surface area contributed by atoms with Crippen LogP contribution in [0.25, 0.3) is 55.3 Å². The Hall–Kier alpha value is -7.74. The largest absolute Gasteiger partial charge is 0.310 e. The quantitative estimate of drug-likeness (QED) is 0.155. The molecule has 10 aromatic rings. The highest BCUT2D eigenvalue weighted by Gasteiger charge is 2.49. The van der Waals surface area contributed by atoms with Gasteiger partial charge in [0.1, 0.15) is 0 Å². The third kappa shape index (κ3) is 5.63. The van der Waals surface area contributed by atoms with E-state index >= 15 is 0 Å². The first-order valence-electron chi connectivity index (χ1n) is 22.1. The van der Waals surface area contributed by atoms with Crippen LogP contribution in [0.1, 0.15) is 47.2 Å². The Morgan fingerprint density at radius 1 is 0.349 bits per heavy atom. The molecule has 1 nitrogen and oxygen atoms in total. The summed E-state index contributed by atoms with van der Waals surface area (Å²) in [5.74, 6) is 0. The van der Waals surface area contributed by atoms with Crippen LogP contribution in [0.3, 0.4) is 0 Å². The summed E-state index contributed by atoms with van der Waals surface area (Å²) in [5, 5.41) is 2.45. The van der Waals surface area contributed by atoms with Crippen molar-refractivity contribution in [1.82, 2.24) is 0 Å². The highest BCUT2D eigenvalue weighted by Crippen LogP contribution is 2.62. The van der Waals surface area contributed by atoms with Gasteiger partial charge in [-0.2, -0.15) is 0 Å². The summed E-state index contributed by atoms with van der Waals surface area (Å²) in [4.78, 5) is 2.54. The molecular formula is C62H45N. The molecule has 0 aliphatic heterocycles. The van der Waals surface area contributed by atoms with Gasteiger partial charge in [-0.3, -0.25) is 0 Å². The third-order valence-corrected chi connectivity index (χ3v) is 13.9. The number of hydrogen-bond donors (Lipinski definition) is 0. The molecule has 63 heavy (non-hydrogen) atoms. The molecule has 0 saturated heterocycles. The topological polar surface area (TPSA) is 3.24 Å². The van der Waals surface area contributed by atoms with E-state index < -0.39 is 5.41 Å². The van der Waals surface area contributed by atoms with E-state index in [9.17, 15) is 0 Å². The maximum atomic E-state index is 2.54. The zero-order chi connectivity index (χ0) is 42.1. The number of anilines is 3. The fourth-order valence-electron chi connectivity index (χ4n) is 11.0. The molecule has 10 aromatic carbocycles. The number of rotatable bonds is 7. The standard InChI is InChI=1S/C62H45N/c1-61(2)55-29-17-15-27-51(55)52-38-37-50(41-57(52)61)63(49-35-33-44(34-36-49)42-19-7-3-8-20-42)58-40-46-32-31-45(43-21-9-4-10-22-43)39-54(46)60-59(58)53-28-16-18-30-56(53)62(60,47-23-11-5-12-24-47)48-25-13-6-14-26-48/h3-41H,1-2H3. The van der Waals surface area contributed by atoms with E-state index in [1.807, 2.05) is 0 Å². The molecule has 0 unspecified atom stereocenters. The monoisotopic (exact) mass is 803 g/mol. The lowest BCUT2D eigenvalue weighted by Crippen LogP contribution is -2.29. The van der Waals surface area contributed by atoms with E-state index in [2.05, 4.69) is 255 Å². The molecule has 1 heteroatoms. The van der Waals surface area contributed by atoms with Crippen molar-refractivity contribution in [1.29, 1.82) is 0 Å². The molecule has 2 aliphatic rings. The molecule has 0 heterocycles. The zero-order valence-corrected chi connectivity index (χ0v) is 35.5. The number of benzene rings is 10. The Morgan fingerprint density at radius 3 is 1.49 bits per heavy atom. The maximum absolute atomic E-state index is 2.54. The average molecular weight is 804 g/mol. The summed E-state index contributed by atoms with van der Waals surface area (Å²) < 4.78 is 0. The Morgan fingerprint density at radius 2 is 0.841 bits per heavy atom. The van der Waals surface area contributed by atoms with E-state index in [-0.39, 0.29) is 5.41 Å². The highest BCUT2D eigenvalue weighted by atomic mass is 15.1. The summed E-state index contributed by atoms with van der Waals surface area (Å²) in [6.07, 6.45) is 0. The summed E-state index contributed by atoms with van der Waals surface area (Å²) >= 11 is 0.